The summed E-state index contributed by atoms with van der Waals surface area (Å²) in [4.78, 5) is 47.3. The highest BCUT2D eigenvalue weighted by Gasteiger charge is 2.16. The smallest absolute Gasteiger partial charge is 0.325 e. The third-order valence-electron chi connectivity index (χ3n) is 3.66. The van der Waals surface area contributed by atoms with E-state index < -0.39 is 36.7 Å². The average Bonchev–Trinajstić information content (AvgIpc) is 3.28. The lowest BCUT2D eigenvalue weighted by Gasteiger charge is -2.10. The number of carbonyl (C=O) groups excluding carboxylic acids is 4. The van der Waals surface area contributed by atoms with Gasteiger partial charge in [-0.1, -0.05) is 0 Å². The van der Waals surface area contributed by atoms with Crippen LogP contribution in [-0.4, -0.2) is 57.5 Å². The Balaban J connectivity index is 1.74. The van der Waals surface area contributed by atoms with Gasteiger partial charge < -0.3 is 29.3 Å². The zero-order chi connectivity index (χ0) is 21.2. The van der Waals surface area contributed by atoms with Crippen LogP contribution in [-0.2, 0) is 14.3 Å². The van der Waals surface area contributed by atoms with E-state index in [1.54, 1.807) is 12.1 Å². The Morgan fingerprint density at radius 1 is 1.00 bits per heavy atom. The summed E-state index contributed by atoms with van der Waals surface area (Å²) < 4.78 is 19.9. The van der Waals surface area contributed by atoms with Gasteiger partial charge in [0.05, 0.1) is 32.6 Å². The summed E-state index contributed by atoms with van der Waals surface area (Å²) in [5.41, 5.74) is 0.198. The second kappa shape index (κ2) is 10.5. The number of esters is 1. The molecule has 0 bridgehead atoms. The largest absolute Gasteiger partial charge is 0.497 e. The molecule has 2 amide bonds. The lowest BCUT2D eigenvalue weighted by molar-refractivity contribution is -0.142. The number of nitrogens with one attached hydrogen (secondary N) is 2. The Bertz CT molecular complexity index is 876. The summed E-state index contributed by atoms with van der Waals surface area (Å²) in [6.07, 6.45) is 1.33. The monoisotopic (exact) mass is 404 g/mol. The fourth-order valence-electron chi connectivity index (χ4n) is 2.20. The lowest BCUT2D eigenvalue weighted by atomic mass is 10.1. The van der Waals surface area contributed by atoms with E-state index in [-0.39, 0.29) is 17.9 Å². The van der Waals surface area contributed by atoms with Crippen LogP contribution in [0.4, 0.5) is 0 Å². The number of ketones is 1. The van der Waals surface area contributed by atoms with E-state index in [0.717, 1.165) is 0 Å². The van der Waals surface area contributed by atoms with Crippen molar-refractivity contribution in [1.82, 2.24) is 10.6 Å². The van der Waals surface area contributed by atoms with E-state index in [1.165, 1.54) is 38.7 Å². The first-order valence-electron chi connectivity index (χ1n) is 8.44. The number of rotatable bonds is 10. The van der Waals surface area contributed by atoms with Crippen LogP contribution in [0.5, 0.6) is 11.5 Å². The number of carbonyl (C=O) groups is 4. The van der Waals surface area contributed by atoms with Crippen LogP contribution in [0.1, 0.15) is 20.9 Å². The van der Waals surface area contributed by atoms with E-state index in [9.17, 15) is 19.2 Å². The molecule has 2 N–H and O–H groups in total. The highest BCUT2D eigenvalue weighted by Crippen LogP contribution is 2.24. The van der Waals surface area contributed by atoms with Crippen molar-refractivity contribution in [3.05, 3.63) is 47.9 Å². The molecule has 1 aromatic heterocycles. The SMILES string of the molecule is COc1ccc(OC)c(C(=O)COC(=O)CNC(=O)CNC(=O)c2ccco2)c1. The van der Waals surface area contributed by atoms with E-state index >= 15 is 0 Å². The Morgan fingerprint density at radius 2 is 1.79 bits per heavy atom. The van der Waals surface area contributed by atoms with Crippen LogP contribution in [0, 0.1) is 0 Å². The molecule has 154 valence electrons. The first kappa shape index (κ1) is 21.5. The van der Waals surface area contributed by atoms with Crippen LogP contribution in [0.25, 0.3) is 0 Å². The molecule has 0 atom stereocenters. The molecule has 2 rings (SSSR count). The molecule has 10 heteroatoms. The molecule has 0 spiro atoms. The van der Waals surface area contributed by atoms with Crippen molar-refractivity contribution in [3.63, 3.8) is 0 Å². The van der Waals surface area contributed by atoms with Crippen LogP contribution < -0.4 is 20.1 Å². The van der Waals surface area contributed by atoms with Crippen molar-refractivity contribution in [1.29, 1.82) is 0 Å². The van der Waals surface area contributed by atoms with Crippen LogP contribution >= 0.6 is 0 Å². The summed E-state index contributed by atoms with van der Waals surface area (Å²) in [7, 11) is 2.86. The van der Waals surface area contributed by atoms with Crippen molar-refractivity contribution in [2.75, 3.05) is 33.9 Å². The number of benzene rings is 1. The molecule has 0 aliphatic rings. The zero-order valence-electron chi connectivity index (χ0n) is 15.9. The van der Waals surface area contributed by atoms with Gasteiger partial charge in [0.1, 0.15) is 18.0 Å². The second-order valence-electron chi connectivity index (χ2n) is 5.59. The van der Waals surface area contributed by atoms with Crippen molar-refractivity contribution in [2.45, 2.75) is 0 Å². The van der Waals surface area contributed by atoms with Gasteiger partial charge in [-0.15, -0.1) is 0 Å². The Hall–Kier alpha value is -3.82. The number of hydrogen-bond donors (Lipinski definition) is 2. The topological polar surface area (TPSA) is 133 Å². The number of hydrogen-bond acceptors (Lipinski definition) is 8. The highest BCUT2D eigenvalue weighted by molar-refractivity contribution is 6.01. The maximum atomic E-state index is 12.3. The summed E-state index contributed by atoms with van der Waals surface area (Å²) in [6.45, 7) is -1.35. The minimum absolute atomic E-state index is 0.0590. The summed E-state index contributed by atoms with van der Waals surface area (Å²) in [6, 6.07) is 7.64. The first-order chi connectivity index (χ1) is 13.9. The van der Waals surface area contributed by atoms with Gasteiger partial charge in [-0.05, 0) is 30.3 Å². The first-order valence-corrected chi connectivity index (χ1v) is 8.44. The van der Waals surface area contributed by atoms with Gasteiger partial charge in [-0.3, -0.25) is 19.2 Å². The van der Waals surface area contributed by atoms with Crippen LogP contribution in [0.3, 0.4) is 0 Å². The summed E-state index contributed by atoms with van der Waals surface area (Å²) >= 11 is 0. The van der Waals surface area contributed by atoms with Crippen LogP contribution in [0.2, 0.25) is 0 Å². The minimum atomic E-state index is -0.814. The molecule has 0 aliphatic carbocycles. The van der Waals surface area contributed by atoms with Gasteiger partial charge in [0.25, 0.3) is 5.91 Å². The number of methoxy groups -OCH3 is 2. The van der Waals surface area contributed by atoms with Gasteiger partial charge in [-0.2, -0.15) is 0 Å². The molecule has 0 aliphatic heterocycles. The Morgan fingerprint density at radius 3 is 2.45 bits per heavy atom. The van der Waals surface area contributed by atoms with Gasteiger partial charge in [-0.25, -0.2) is 0 Å². The molecule has 1 aromatic carbocycles. The summed E-state index contributed by atoms with van der Waals surface area (Å²) in [5.74, 6) is -1.66. The molecule has 10 nitrogen and oxygen atoms in total. The van der Waals surface area contributed by atoms with E-state index in [2.05, 4.69) is 10.6 Å². The molecule has 29 heavy (non-hydrogen) atoms. The standard InChI is InChI=1S/C19H20N2O8/c1-26-12-5-6-15(27-2)13(8-12)14(22)11-29-18(24)10-20-17(23)9-21-19(25)16-4-3-7-28-16/h3-8H,9-11H2,1-2H3,(H,20,23)(H,21,25). The van der Waals surface area contributed by atoms with Gasteiger partial charge >= 0.3 is 5.97 Å². The molecule has 0 unspecified atom stereocenters. The normalized spacial score (nSPS) is 10.0. The lowest BCUT2D eigenvalue weighted by Crippen LogP contribution is -2.39. The molecule has 0 radical (unpaired) electrons. The third-order valence-corrected chi connectivity index (χ3v) is 3.66. The molecule has 2 aromatic rings. The predicted molar refractivity (Wildman–Crippen MR) is 98.9 cm³/mol. The molecule has 0 saturated carbocycles. The minimum Gasteiger partial charge on any atom is -0.497 e. The second-order valence-corrected chi connectivity index (χ2v) is 5.59. The number of ether oxygens (including phenoxy) is 3. The maximum Gasteiger partial charge on any atom is 0.325 e. The van der Waals surface area contributed by atoms with Gasteiger partial charge in [0.15, 0.2) is 12.4 Å². The fraction of sp³-hybridized carbons (Fsp3) is 0.263. The third kappa shape index (κ3) is 6.38. The van der Waals surface area contributed by atoms with Crippen molar-refractivity contribution < 1.29 is 37.8 Å². The van der Waals surface area contributed by atoms with E-state index in [0.29, 0.717) is 11.5 Å². The fourth-order valence-corrected chi connectivity index (χ4v) is 2.20. The van der Waals surface area contributed by atoms with Crippen LogP contribution in [0.15, 0.2) is 41.0 Å². The quantitative estimate of drug-likeness (QED) is 0.434. The Labute approximate surface area is 166 Å². The highest BCUT2D eigenvalue weighted by atomic mass is 16.5. The summed E-state index contributed by atoms with van der Waals surface area (Å²) in [5, 5.41) is 4.60. The maximum absolute atomic E-state index is 12.3. The number of furan rings is 1. The van der Waals surface area contributed by atoms with Gasteiger partial charge in [0.2, 0.25) is 11.7 Å². The molecular formula is C19H20N2O8. The van der Waals surface area contributed by atoms with Gasteiger partial charge in [0, 0.05) is 0 Å². The average molecular weight is 404 g/mol. The van der Waals surface area contributed by atoms with Crippen molar-refractivity contribution >= 4 is 23.6 Å². The predicted octanol–water partition coefficient (Wildman–Crippen LogP) is 0.569. The number of Topliss-reactive ketones (excluding diaryl/α,β-unsaturated/α-hetero) is 1. The van der Waals surface area contributed by atoms with Crippen molar-refractivity contribution in [2.24, 2.45) is 0 Å². The molecule has 0 fully saturated rings. The molecule has 0 saturated heterocycles. The zero-order valence-corrected chi connectivity index (χ0v) is 15.9. The Kier molecular flexibility index (Phi) is 7.78. The number of amides is 2. The molecular weight excluding hydrogens is 384 g/mol. The molecule has 1 heterocycles. The van der Waals surface area contributed by atoms with Crippen molar-refractivity contribution in [3.8, 4) is 11.5 Å². The van der Waals surface area contributed by atoms with E-state index in [4.69, 9.17) is 18.6 Å². The van der Waals surface area contributed by atoms with E-state index in [1.807, 2.05) is 0 Å².